The van der Waals surface area contributed by atoms with Gasteiger partial charge in [0.05, 0.1) is 0 Å². The van der Waals surface area contributed by atoms with Crippen molar-refractivity contribution in [3.63, 3.8) is 0 Å². The highest BCUT2D eigenvalue weighted by Gasteiger charge is 2.14. The molecule has 6 nitrogen and oxygen atoms in total. The molecule has 4 aromatic carbocycles. The lowest BCUT2D eigenvalue weighted by Crippen LogP contribution is -2.19. The second-order valence-corrected chi connectivity index (χ2v) is 8.05. The van der Waals surface area contributed by atoms with Crippen molar-refractivity contribution < 1.29 is 19.1 Å². The molecule has 35 heavy (non-hydrogen) atoms. The van der Waals surface area contributed by atoms with Gasteiger partial charge in [0, 0.05) is 17.8 Å². The smallest absolute Gasteiger partial charge is 0.410 e. The molecule has 2 amide bonds. The third kappa shape index (κ3) is 6.26. The minimum atomic E-state index is -0.569. The van der Waals surface area contributed by atoms with E-state index in [4.69, 9.17) is 9.47 Å². The largest absolute Gasteiger partial charge is 0.417 e. The molecule has 176 valence electrons. The Hall–Kier alpha value is -4.58. The van der Waals surface area contributed by atoms with E-state index >= 15 is 0 Å². The second-order valence-electron chi connectivity index (χ2n) is 8.05. The van der Waals surface area contributed by atoms with Crippen molar-refractivity contribution in [1.82, 2.24) is 0 Å². The van der Waals surface area contributed by atoms with E-state index in [1.165, 1.54) is 0 Å². The van der Waals surface area contributed by atoms with E-state index in [-0.39, 0.29) is 0 Å². The van der Waals surface area contributed by atoms with Crippen LogP contribution in [-0.2, 0) is 6.42 Å². The molecule has 0 unspecified atom stereocenters. The molecule has 0 spiro atoms. The van der Waals surface area contributed by atoms with Gasteiger partial charge in [-0.05, 0) is 60.4 Å². The topological polar surface area (TPSA) is 76.7 Å². The van der Waals surface area contributed by atoms with Crippen LogP contribution in [0.3, 0.4) is 0 Å². The number of carbonyl (C=O) groups excluding carboxylic acids is 2. The minimum Gasteiger partial charge on any atom is -0.410 e. The normalized spacial score (nSPS) is 10.3. The van der Waals surface area contributed by atoms with Crippen LogP contribution in [0.25, 0.3) is 0 Å². The number of nitrogens with one attached hydrogen (secondary N) is 2. The van der Waals surface area contributed by atoms with Crippen molar-refractivity contribution in [2.24, 2.45) is 0 Å². The maximum Gasteiger partial charge on any atom is 0.417 e. The lowest BCUT2D eigenvalue weighted by Gasteiger charge is -2.15. The average Bonchev–Trinajstić information content (AvgIpc) is 2.84. The predicted octanol–water partition coefficient (Wildman–Crippen LogP) is 7.12. The van der Waals surface area contributed by atoms with Gasteiger partial charge in [-0.2, -0.15) is 0 Å². The molecule has 0 aliphatic rings. The molecule has 2 N–H and O–H groups in total. The molecule has 0 aliphatic heterocycles. The lowest BCUT2D eigenvalue weighted by molar-refractivity contribution is 0.214. The second kappa shape index (κ2) is 11.0. The average molecular weight is 467 g/mol. The number of hydrogen-bond donors (Lipinski definition) is 2. The van der Waals surface area contributed by atoms with Gasteiger partial charge in [0.15, 0.2) is 0 Å². The first-order valence-electron chi connectivity index (χ1n) is 11.2. The summed E-state index contributed by atoms with van der Waals surface area (Å²) >= 11 is 0. The maximum atomic E-state index is 12.5. The molecule has 4 aromatic rings. The fourth-order valence-corrected chi connectivity index (χ4v) is 3.61. The Kier molecular flexibility index (Phi) is 7.43. The Morgan fingerprint density at radius 2 is 0.943 bits per heavy atom. The minimum absolute atomic E-state index is 0.474. The summed E-state index contributed by atoms with van der Waals surface area (Å²) in [6.45, 7) is 3.76. The highest BCUT2D eigenvalue weighted by atomic mass is 16.6. The van der Waals surface area contributed by atoms with E-state index in [1.54, 1.807) is 12.1 Å². The summed E-state index contributed by atoms with van der Waals surface area (Å²) in [5.74, 6) is 1.01. The molecule has 0 bridgehead atoms. The third-order valence-corrected chi connectivity index (χ3v) is 5.48. The number of anilines is 2. The maximum absolute atomic E-state index is 12.5. The summed E-state index contributed by atoms with van der Waals surface area (Å²) in [6.07, 6.45) is -0.665. The van der Waals surface area contributed by atoms with Crippen LogP contribution in [0.1, 0.15) is 22.3 Å². The number of benzene rings is 4. The molecular formula is C29H26N2O4. The fourth-order valence-electron chi connectivity index (χ4n) is 3.61. The van der Waals surface area contributed by atoms with Gasteiger partial charge < -0.3 is 9.47 Å². The van der Waals surface area contributed by atoms with Gasteiger partial charge in [0.1, 0.15) is 11.5 Å². The molecule has 0 heterocycles. The highest BCUT2D eigenvalue weighted by Crippen LogP contribution is 2.25. The van der Waals surface area contributed by atoms with Gasteiger partial charge in [-0.3, -0.25) is 10.6 Å². The van der Waals surface area contributed by atoms with Crippen molar-refractivity contribution in [2.75, 3.05) is 10.6 Å². The van der Waals surface area contributed by atoms with Crippen molar-refractivity contribution >= 4 is 23.6 Å². The predicted molar refractivity (Wildman–Crippen MR) is 137 cm³/mol. The molecule has 0 fully saturated rings. The Bertz CT molecular complexity index is 1250. The van der Waals surface area contributed by atoms with Crippen molar-refractivity contribution in [3.05, 3.63) is 119 Å². The summed E-state index contributed by atoms with van der Waals surface area (Å²) in [4.78, 5) is 25.1. The Morgan fingerprint density at radius 1 is 0.571 bits per heavy atom. The summed E-state index contributed by atoms with van der Waals surface area (Å²) in [6, 6.07) is 29.6. The van der Waals surface area contributed by atoms with Gasteiger partial charge in [0.2, 0.25) is 0 Å². The molecule has 0 aliphatic carbocycles. The zero-order chi connectivity index (χ0) is 24.6. The third-order valence-electron chi connectivity index (χ3n) is 5.48. The summed E-state index contributed by atoms with van der Waals surface area (Å²) in [7, 11) is 0. The van der Waals surface area contributed by atoms with E-state index in [2.05, 4.69) is 10.6 Å². The quantitative estimate of drug-likeness (QED) is 0.317. The van der Waals surface area contributed by atoms with Crippen LogP contribution in [0.5, 0.6) is 11.5 Å². The van der Waals surface area contributed by atoms with Crippen LogP contribution in [0, 0.1) is 13.8 Å². The molecule has 0 saturated carbocycles. The van der Waals surface area contributed by atoms with Crippen LogP contribution in [0.2, 0.25) is 0 Å². The number of rotatable bonds is 6. The first-order chi connectivity index (χ1) is 17.0. The van der Waals surface area contributed by atoms with E-state index in [1.807, 2.05) is 98.8 Å². The number of ether oxygens (including phenoxy) is 2. The molecule has 0 radical (unpaired) electrons. The molecule has 0 aromatic heterocycles. The van der Waals surface area contributed by atoms with E-state index in [0.29, 0.717) is 29.3 Å². The highest BCUT2D eigenvalue weighted by molar-refractivity contribution is 5.89. The fraction of sp³-hybridized carbons (Fsp3) is 0.103. The van der Waals surface area contributed by atoms with Crippen molar-refractivity contribution in [3.8, 4) is 11.5 Å². The van der Waals surface area contributed by atoms with Gasteiger partial charge in [0.25, 0.3) is 0 Å². The summed E-state index contributed by atoms with van der Waals surface area (Å²) in [5, 5.41) is 5.66. The van der Waals surface area contributed by atoms with Crippen LogP contribution < -0.4 is 20.1 Å². The first-order valence-corrected chi connectivity index (χ1v) is 11.2. The van der Waals surface area contributed by atoms with Gasteiger partial charge in [-0.15, -0.1) is 0 Å². The number of aryl methyl sites for hydroxylation is 2. The number of amides is 2. The van der Waals surface area contributed by atoms with Crippen LogP contribution >= 0.6 is 0 Å². The van der Waals surface area contributed by atoms with Crippen molar-refractivity contribution in [1.29, 1.82) is 0 Å². The van der Waals surface area contributed by atoms with Gasteiger partial charge in [-0.1, -0.05) is 72.8 Å². The van der Waals surface area contributed by atoms with E-state index in [9.17, 15) is 9.59 Å². The van der Waals surface area contributed by atoms with Gasteiger partial charge in [-0.25, -0.2) is 9.59 Å². The molecular weight excluding hydrogens is 440 g/mol. The van der Waals surface area contributed by atoms with E-state index in [0.717, 1.165) is 22.3 Å². The number of carbonyl (C=O) groups is 2. The standard InChI is InChI=1S/C29H26N2O4/c1-20-11-3-9-17-26(20)34-28(32)30-24-15-7-5-13-22(24)19-23-14-6-8-16-25(23)31-29(33)35-27-18-10-4-12-21(27)2/h3-18H,19H2,1-2H3,(H,30,32)(H,31,33). The monoisotopic (exact) mass is 466 g/mol. The Balaban J connectivity index is 1.47. The molecule has 6 heteroatoms. The van der Waals surface area contributed by atoms with Gasteiger partial charge >= 0.3 is 12.2 Å². The molecule has 0 atom stereocenters. The Labute approximate surface area is 204 Å². The number of para-hydroxylation sites is 4. The molecule has 4 rings (SSSR count). The summed E-state index contributed by atoms with van der Waals surface area (Å²) in [5.41, 5.74) is 4.74. The van der Waals surface area contributed by atoms with Crippen LogP contribution in [-0.4, -0.2) is 12.2 Å². The van der Waals surface area contributed by atoms with Crippen molar-refractivity contribution in [2.45, 2.75) is 20.3 Å². The zero-order valence-electron chi connectivity index (χ0n) is 19.6. The first kappa shape index (κ1) is 23.6. The number of hydrogen-bond acceptors (Lipinski definition) is 4. The molecule has 0 saturated heterocycles. The summed E-state index contributed by atoms with van der Waals surface area (Å²) < 4.78 is 10.9. The van der Waals surface area contributed by atoms with Crippen LogP contribution in [0.15, 0.2) is 97.1 Å². The Morgan fingerprint density at radius 3 is 1.37 bits per heavy atom. The van der Waals surface area contributed by atoms with E-state index < -0.39 is 12.2 Å². The zero-order valence-corrected chi connectivity index (χ0v) is 19.6. The SMILES string of the molecule is Cc1ccccc1OC(=O)Nc1ccccc1Cc1ccccc1NC(=O)Oc1ccccc1C. The lowest BCUT2D eigenvalue weighted by atomic mass is 10.0. The van der Waals surface area contributed by atoms with Crippen LogP contribution in [0.4, 0.5) is 21.0 Å².